The zero-order valence-corrected chi connectivity index (χ0v) is 8.82. The zero-order chi connectivity index (χ0) is 10.8. The molecule has 0 radical (unpaired) electrons. The third-order valence-corrected chi connectivity index (χ3v) is 2.10. The lowest BCUT2D eigenvalue weighted by Gasteiger charge is -2.09. The minimum Gasteiger partial charge on any atom is -0.495 e. The minimum atomic E-state index is -4.41. The highest BCUT2D eigenvalue weighted by Crippen LogP contribution is 2.30. The third kappa shape index (κ3) is 2.37. The molecule has 0 amide bonds. The molecule has 0 aliphatic heterocycles. The summed E-state index contributed by atoms with van der Waals surface area (Å²) in [6.07, 6.45) is -4.41. The van der Waals surface area contributed by atoms with Crippen molar-refractivity contribution in [1.29, 1.82) is 0 Å². The Morgan fingerprint density at radius 2 is 2.07 bits per heavy atom. The maximum atomic E-state index is 12.2. The molecule has 0 aliphatic rings. The zero-order valence-electron chi connectivity index (χ0n) is 7.23. The van der Waals surface area contributed by atoms with Crippen molar-refractivity contribution >= 4 is 15.9 Å². The van der Waals surface area contributed by atoms with E-state index in [0.717, 1.165) is 6.07 Å². The summed E-state index contributed by atoms with van der Waals surface area (Å²) in [4.78, 5) is 3.44. The number of halogens is 4. The van der Waals surface area contributed by atoms with Crippen LogP contribution in [0.4, 0.5) is 13.2 Å². The van der Waals surface area contributed by atoms with E-state index in [4.69, 9.17) is 4.74 Å². The summed E-state index contributed by atoms with van der Waals surface area (Å²) in [5.41, 5.74) is -0.671. The molecular formula is C8H7BrF3NO. The summed E-state index contributed by atoms with van der Waals surface area (Å²) in [7, 11) is 1.39. The summed E-state index contributed by atoms with van der Waals surface area (Å²) in [5.74, 6) is 0.342. The van der Waals surface area contributed by atoms with Crippen LogP contribution >= 0.6 is 15.9 Å². The number of hydrogen-bond donors (Lipinski definition) is 0. The number of pyridine rings is 1. The predicted molar refractivity (Wildman–Crippen MR) is 48.4 cm³/mol. The third-order valence-electron chi connectivity index (χ3n) is 1.57. The van der Waals surface area contributed by atoms with E-state index in [1.807, 2.05) is 0 Å². The van der Waals surface area contributed by atoms with Crippen LogP contribution in [0.3, 0.4) is 0 Å². The fourth-order valence-corrected chi connectivity index (χ4v) is 1.33. The molecule has 0 atom stereocenters. The normalized spacial score (nSPS) is 11.5. The summed E-state index contributed by atoms with van der Waals surface area (Å²) < 4.78 is 41.5. The van der Waals surface area contributed by atoms with E-state index in [-0.39, 0.29) is 11.0 Å². The van der Waals surface area contributed by atoms with E-state index in [9.17, 15) is 13.2 Å². The first kappa shape index (κ1) is 11.3. The van der Waals surface area contributed by atoms with Gasteiger partial charge >= 0.3 is 6.18 Å². The molecule has 0 unspecified atom stereocenters. The molecule has 2 nitrogen and oxygen atoms in total. The predicted octanol–water partition coefficient (Wildman–Crippen LogP) is 3.00. The Balaban J connectivity index is 3.14. The van der Waals surface area contributed by atoms with Gasteiger partial charge in [-0.1, -0.05) is 15.9 Å². The highest BCUT2D eigenvalue weighted by atomic mass is 79.9. The molecule has 0 N–H and O–H groups in total. The van der Waals surface area contributed by atoms with Crippen molar-refractivity contribution in [1.82, 2.24) is 4.98 Å². The first-order valence-electron chi connectivity index (χ1n) is 3.66. The van der Waals surface area contributed by atoms with Crippen molar-refractivity contribution in [2.24, 2.45) is 0 Å². The molecular weight excluding hydrogens is 263 g/mol. The van der Waals surface area contributed by atoms with E-state index in [1.54, 1.807) is 0 Å². The van der Waals surface area contributed by atoms with Crippen LogP contribution in [0.2, 0.25) is 0 Å². The molecule has 1 heterocycles. The fourth-order valence-electron chi connectivity index (χ4n) is 0.928. The van der Waals surface area contributed by atoms with Crippen LogP contribution in [0.25, 0.3) is 0 Å². The minimum absolute atomic E-state index is 0.222. The second kappa shape index (κ2) is 4.16. The van der Waals surface area contributed by atoms with Gasteiger partial charge < -0.3 is 4.74 Å². The van der Waals surface area contributed by atoms with E-state index in [2.05, 4.69) is 20.9 Å². The van der Waals surface area contributed by atoms with Crippen LogP contribution in [0.15, 0.2) is 12.1 Å². The number of rotatable bonds is 2. The Kier molecular flexibility index (Phi) is 3.36. The molecule has 1 aromatic rings. The largest absolute Gasteiger partial charge is 0.495 e. The van der Waals surface area contributed by atoms with Gasteiger partial charge in [0.15, 0.2) is 0 Å². The van der Waals surface area contributed by atoms with Gasteiger partial charge in [-0.3, -0.25) is 0 Å². The van der Waals surface area contributed by atoms with Crippen molar-refractivity contribution in [3.8, 4) is 5.75 Å². The Morgan fingerprint density at radius 1 is 1.43 bits per heavy atom. The number of alkyl halides is 4. The smallest absolute Gasteiger partial charge is 0.433 e. The second-order valence-corrected chi connectivity index (χ2v) is 3.04. The van der Waals surface area contributed by atoms with Gasteiger partial charge in [-0.05, 0) is 12.1 Å². The van der Waals surface area contributed by atoms with Crippen molar-refractivity contribution in [2.75, 3.05) is 7.11 Å². The SMILES string of the molecule is COc1ccc(C(F)(F)F)nc1CBr. The molecule has 1 aromatic heterocycles. The lowest BCUT2D eigenvalue weighted by atomic mass is 10.3. The van der Waals surface area contributed by atoms with Gasteiger partial charge in [0.2, 0.25) is 0 Å². The first-order chi connectivity index (χ1) is 6.49. The van der Waals surface area contributed by atoms with Gasteiger partial charge in [-0.2, -0.15) is 13.2 Å². The van der Waals surface area contributed by atoms with Crippen LogP contribution < -0.4 is 4.74 Å². The summed E-state index contributed by atoms with van der Waals surface area (Å²) in [6, 6.07) is 2.15. The Labute approximate surface area is 87.2 Å². The molecule has 1 rings (SSSR count). The monoisotopic (exact) mass is 269 g/mol. The van der Waals surface area contributed by atoms with Crippen LogP contribution in [-0.2, 0) is 11.5 Å². The van der Waals surface area contributed by atoms with E-state index in [1.165, 1.54) is 13.2 Å². The topological polar surface area (TPSA) is 22.1 Å². The van der Waals surface area contributed by atoms with Gasteiger partial charge in [0, 0.05) is 5.33 Å². The number of ether oxygens (including phenoxy) is 1. The van der Waals surface area contributed by atoms with E-state index >= 15 is 0 Å². The summed E-state index contributed by atoms with van der Waals surface area (Å²) in [5, 5.41) is 0.222. The molecule has 14 heavy (non-hydrogen) atoms. The lowest BCUT2D eigenvalue weighted by molar-refractivity contribution is -0.141. The van der Waals surface area contributed by atoms with Crippen molar-refractivity contribution in [3.05, 3.63) is 23.5 Å². The molecule has 0 fully saturated rings. The highest BCUT2D eigenvalue weighted by molar-refractivity contribution is 9.08. The number of aromatic nitrogens is 1. The fraction of sp³-hybridized carbons (Fsp3) is 0.375. The number of nitrogens with zero attached hydrogens (tertiary/aromatic N) is 1. The van der Waals surface area contributed by atoms with Crippen molar-refractivity contribution in [2.45, 2.75) is 11.5 Å². The van der Waals surface area contributed by atoms with Gasteiger partial charge in [0.25, 0.3) is 0 Å². The second-order valence-electron chi connectivity index (χ2n) is 2.48. The standard InChI is InChI=1S/C8H7BrF3NO/c1-14-6-2-3-7(8(10,11)12)13-5(6)4-9/h2-3H,4H2,1H3. The average Bonchev–Trinajstić information content (AvgIpc) is 2.15. The van der Waals surface area contributed by atoms with Gasteiger partial charge in [-0.15, -0.1) is 0 Å². The molecule has 0 aromatic carbocycles. The molecule has 6 heteroatoms. The maximum Gasteiger partial charge on any atom is 0.433 e. The summed E-state index contributed by atoms with van der Waals surface area (Å²) in [6.45, 7) is 0. The summed E-state index contributed by atoms with van der Waals surface area (Å²) >= 11 is 3.04. The van der Waals surface area contributed by atoms with Crippen molar-refractivity contribution < 1.29 is 17.9 Å². The molecule has 0 bridgehead atoms. The quantitative estimate of drug-likeness (QED) is 0.771. The van der Waals surface area contributed by atoms with Crippen molar-refractivity contribution in [3.63, 3.8) is 0 Å². The molecule has 0 saturated heterocycles. The molecule has 0 saturated carbocycles. The van der Waals surface area contributed by atoms with Crippen LogP contribution in [-0.4, -0.2) is 12.1 Å². The lowest BCUT2D eigenvalue weighted by Crippen LogP contribution is -2.09. The van der Waals surface area contributed by atoms with Gasteiger partial charge in [0.05, 0.1) is 12.8 Å². The Hall–Kier alpha value is -0.780. The van der Waals surface area contributed by atoms with E-state index < -0.39 is 11.9 Å². The average molecular weight is 270 g/mol. The van der Waals surface area contributed by atoms with Gasteiger partial charge in [0.1, 0.15) is 11.4 Å². The molecule has 0 aliphatic carbocycles. The Bertz CT molecular complexity index is 327. The number of methoxy groups -OCH3 is 1. The first-order valence-corrected chi connectivity index (χ1v) is 4.78. The number of hydrogen-bond acceptors (Lipinski definition) is 2. The van der Waals surface area contributed by atoms with Gasteiger partial charge in [-0.25, -0.2) is 4.98 Å². The Morgan fingerprint density at radius 3 is 2.50 bits per heavy atom. The van der Waals surface area contributed by atoms with Crippen LogP contribution in [0.1, 0.15) is 11.4 Å². The molecule has 78 valence electrons. The maximum absolute atomic E-state index is 12.2. The highest BCUT2D eigenvalue weighted by Gasteiger charge is 2.32. The van der Waals surface area contributed by atoms with E-state index in [0.29, 0.717) is 5.75 Å². The van der Waals surface area contributed by atoms with Crippen LogP contribution in [0, 0.1) is 0 Å². The van der Waals surface area contributed by atoms with Crippen LogP contribution in [0.5, 0.6) is 5.75 Å². The molecule has 0 spiro atoms.